The summed E-state index contributed by atoms with van der Waals surface area (Å²) in [7, 11) is 0. The highest BCUT2D eigenvalue weighted by Crippen LogP contribution is 2.24. The Kier molecular flexibility index (Phi) is 4.95. The molecule has 120 valence electrons. The summed E-state index contributed by atoms with van der Waals surface area (Å²) >= 11 is 0. The predicted octanol–water partition coefficient (Wildman–Crippen LogP) is 2.10. The van der Waals surface area contributed by atoms with Gasteiger partial charge in [-0.3, -0.25) is 4.57 Å². The smallest absolute Gasteiger partial charge is 0.326 e. The molecule has 2 aromatic rings. The van der Waals surface area contributed by atoms with E-state index in [9.17, 15) is 4.79 Å². The van der Waals surface area contributed by atoms with E-state index in [-0.39, 0.29) is 5.69 Å². The SMILES string of the molecule is NCCCCCN1CCC(n2c(=O)[nH]c3ccccc32)CC1. The van der Waals surface area contributed by atoms with Crippen molar-refractivity contribution in [3.05, 3.63) is 34.7 Å². The van der Waals surface area contributed by atoms with Gasteiger partial charge in [0.05, 0.1) is 11.0 Å². The average Bonchev–Trinajstić information content (AvgIpc) is 2.88. The van der Waals surface area contributed by atoms with Crippen molar-refractivity contribution < 1.29 is 0 Å². The van der Waals surface area contributed by atoms with Crippen molar-refractivity contribution in [2.75, 3.05) is 26.2 Å². The maximum absolute atomic E-state index is 12.2. The number of aromatic amines is 1. The Morgan fingerprint density at radius 2 is 1.91 bits per heavy atom. The van der Waals surface area contributed by atoms with Crippen LogP contribution in [0.4, 0.5) is 0 Å². The number of nitrogens with two attached hydrogens (primary N) is 1. The van der Waals surface area contributed by atoms with Crippen LogP contribution in [-0.2, 0) is 0 Å². The molecule has 0 bridgehead atoms. The Bertz CT molecular complexity index is 652. The number of para-hydroxylation sites is 2. The van der Waals surface area contributed by atoms with Crippen molar-refractivity contribution in [1.82, 2.24) is 14.5 Å². The minimum atomic E-state index is 0.0302. The van der Waals surface area contributed by atoms with Crippen LogP contribution in [0.2, 0.25) is 0 Å². The first-order valence-corrected chi connectivity index (χ1v) is 8.41. The van der Waals surface area contributed by atoms with E-state index in [0.717, 1.165) is 56.5 Å². The van der Waals surface area contributed by atoms with Crippen LogP contribution in [0.15, 0.2) is 29.1 Å². The highest BCUT2D eigenvalue weighted by Gasteiger charge is 2.23. The van der Waals surface area contributed by atoms with Crippen LogP contribution >= 0.6 is 0 Å². The first-order chi connectivity index (χ1) is 10.8. The summed E-state index contributed by atoms with van der Waals surface area (Å²) in [6, 6.07) is 8.29. The summed E-state index contributed by atoms with van der Waals surface area (Å²) in [4.78, 5) is 17.7. The third kappa shape index (κ3) is 3.25. The standard InChI is InChI=1S/C17H26N4O/c18-10-4-1-5-11-20-12-8-14(9-13-20)21-16-7-3-2-6-15(16)19-17(21)22/h2-3,6-7,14H,1,4-5,8-13,18H2,(H,19,22). The van der Waals surface area contributed by atoms with Gasteiger partial charge in [0, 0.05) is 19.1 Å². The fourth-order valence-corrected chi connectivity index (χ4v) is 3.49. The van der Waals surface area contributed by atoms with Gasteiger partial charge < -0.3 is 15.6 Å². The van der Waals surface area contributed by atoms with E-state index >= 15 is 0 Å². The van der Waals surface area contributed by atoms with Gasteiger partial charge in [-0.05, 0) is 50.9 Å². The second kappa shape index (κ2) is 7.11. The Hall–Kier alpha value is -1.59. The number of hydrogen-bond donors (Lipinski definition) is 2. The number of likely N-dealkylation sites (tertiary alicyclic amines) is 1. The summed E-state index contributed by atoms with van der Waals surface area (Å²) in [5, 5.41) is 0. The fraction of sp³-hybridized carbons (Fsp3) is 0.588. The van der Waals surface area contributed by atoms with Crippen molar-refractivity contribution in [3.63, 3.8) is 0 Å². The first kappa shape index (κ1) is 15.3. The molecule has 0 radical (unpaired) electrons. The fourth-order valence-electron chi connectivity index (χ4n) is 3.49. The van der Waals surface area contributed by atoms with Crippen LogP contribution in [0.3, 0.4) is 0 Å². The van der Waals surface area contributed by atoms with Crippen LogP contribution < -0.4 is 11.4 Å². The summed E-state index contributed by atoms with van der Waals surface area (Å²) in [5.74, 6) is 0. The monoisotopic (exact) mass is 302 g/mol. The Morgan fingerprint density at radius 3 is 2.68 bits per heavy atom. The second-order valence-corrected chi connectivity index (χ2v) is 6.24. The normalized spacial score (nSPS) is 17.3. The number of aromatic nitrogens is 2. The zero-order chi connectivity index (χ0) is 15.4. The summed E-state index contributed by atoms with van der Waals surface area (Å²) < 4.78 is 1.96. The van der Waals surface area contributed by atoms with E-state index in [4.69, 9.17) is 5.73 Å². The van der Waals surface area contributed by atoms with Crippen LogP contribution in [0, 0.1) is 0 Å². The molecule has 5 nitrogen and oxygen atoms in total. The van der Waals surface area contributed by atoms with Gasteiger partial charge in [-0.1, -0.05) is 18.6 Å². The molecule has 1 aromatic heterocycles. The van der Waals surface area contributed by atoms with E-state index in [1.54, 1.807) is 0 Å². The highest BCUT2D eigenvalue weighted by molar-refractivity contribution is 5.75. The quantitative estimate of drug-likeness (QED) is 0.803. The average molecular weight is 302 g/mol. The number of unbranched alkanes of at least 4 members (excludes halogenated alkanes) is 2. The lowest BCUT2D eigenvalue weighted by Gasteiger charge is -2.32. The van der Waals surface area contributed by atoms with E-state index in [1.165, 1.54) is 12.8 Å². The summed E-state index contributed by atoms with van der Waals surface area (Å²) in [6.07, 6.45) is 5.69. The molecular formula is C17H26N4O. The van der Waals surface area contributed by atoms with Gasteiger partial charge in [0.15, 0.2) is 0 Å². The zero-order valence-electron chi connectivity index (χ0n) is 13.1. The lowest BCUT2D eigenvalue weighted by molar-refractivity contribution is 0.184. The first-order valence-electron chi connectivity index (χ1n) is 8.41. The van der Waals surface area contributed by atoms with Gasteiger partial charge in [0.1, 0.15) is 0 Å². The lowest BCUT2D eigenvalue weighted by Crippen LogP contribution is -2.37. The number of nitrogens with zero attached hydrogens (tertiary/aromatic N) is 2. The number of fused-ring (bicyclic) bond motifs is 1. The molecule has 0 atom stereocenters. The van der Waals surface area contributed by atoms with Crippen molar-refractivity contribution in [2.24, 2.45) is 5.73 Å². The number of rotatable bonds is 6. The van der Waals surface area contributed by atoms with Crippen molar-refractivity contribution in [2.45, 2.75) is 38.1 Å². The number of imidazole rings is 1. The molecule has 1 fully saturated rings. The zero-order valence-corrected chi connectivity index (χ0v) is 13.1. The third-order valence-electron chi connectivity index (χ3n) is 4.72. The van der Waals surface area contributed by atoms with Gasteiger partial charge in [-0.2, -0.15) is 0 Å². The van der Waals surface area contributed by atoms with Crippen LogP contribution in [0.1, 0.15) is 38.1 Å². The van der Waals surface area contributed by atoms with Gasteiger partial charge in [-0.15, -0.1) is 0 Å². The second-order valence-electron chi connectivity index (χ2n) is 6.24. The molecule has 22 heavy (non-hydrogen) atoms. The molecule has 0 aliphatic carbocycles. The molecule has 0 saturated carbocycles. The van der Waals surface area contributed by atoms with Crippen molar-refractivity contribution in [3.8, 4) is 0 Å². The minimum absolute atomic E-state index is 0.0302. The molecule has 2 heterocycles. The largest absolute Gasteiger partial charge is 0.330 e. The minimum Gasteiger partial charge on any atom is -0.330 e. The predicted molar refractivity (Wildman–Crippen MR) is 90.2 cm³/mol. The maximum Gasteiger partial charge on any atom is 0.326 e. The Labute approximate surface area is 131 Å². The van der Waals surface area contributed by atoms with Crippen LogP contribution in [0.25, 0.3) is 11.0 Å². The van der Waals surface area contributed by atoms with E-state index in [1.807, 2.05) is 28.8 Å². The topological polar surface area (TPSA) is 67.0 Å². The van der Waals surface area contributed by atoms with Gasteiger partial charge in [0.2, 0.25) is 0 Å². The van der Waals surface area contributed by atoms with Gasteiger partial charge in [0.25, 0.3) is 0 Å². The van der Waals surface area contributed by atoms with Crippen molar-refractivity contribution in [1.29, 1.82) is 0 Å². The van der Waals surface area contributed by atoms with Crippen molar-refractivity contribution >= 4 is 11.0 Å². The van der Waals surface area contributed by atoms with Crippen LogP contribution in [0.5, 0.6) is 0 Å². The lowest BCUT2D eigenvalue weighted by atomic mass is 10.0. The van der Waals surface area contributed by atoms with E-state index < -0.39 is 0 Å². The summed E-state index contributed by atoms with van der Waals surface area (Å²) in [5.41, 5.74) is 7.54. The van der Waals surface area contributed by atoms with E-state index in [2.05, 4.69) is 9.88 Å². The molecule has 0 spiro atoms. The van der Waals surface area contributed by atoms with Gasteiger partial charge in [-0.25, -0.2) is 4.79 Å². The Morgan fingerprint density at radius 1 is 1.14 bits per heavy atom. The number of nitrogens with one attached hydrogen (secondary N) is 1. The number of benzene rings is 1. The molecule has 5 heteroatoms. The molecular weight excluding hydrogens is 276 g/mol. The highest BCUT2D eigenvalue weighted by atomic mass is 16.1. The molecule has 1 aromatic carbocycles. The molecule has 3 rings (SSSR count). The molecule has 0 amide bonds. The van der Waals surface area contributed by atoms with Gasteiger partial charge >= 0.3 is 5.69 Å². The van der Waals surface area contributed by atoms with E-state index in [0.29, 0.717) is 6.04 Å². The number of hydrogen-bond acceptors (Lipinski definition) is 3. The molecule has 1 saturated heterocycles. The van der Waals surface area contributed by atoms with Crippen LogP contribution in [-0.4, -0.2) is 40.6 Å². The molecule has 1 aliphatic rings. The molecule has 3 N–H and O–H groups in total. The number of piperidine rings is 1. The molecule has 0 unspecified atom stereocenters. The Balaban J connectivity index is 1.61. The maximum atomic E-state index is 12.2. The summed E-state index contributed by atoms with van der Waals surface area (Å²) in [6.45, 7) is 4.12. The number of H-pyrrole nitrogens is 1. The molecule has 1 aliphatic heterocycles. The third-order valence-corrected chi connectivity index (χ3v) is 4.72.